The van der Waals surface area contributed by atoms with Gasteiger partial charge in [-0.1, -0.05) is 13.8 Å². The molecule has 0 aliphatic carbocycles. The second-order valence-electron chi connectivity index (χ2n) is 5.63. The lowest BCUT2D eigenvalue weighted by Crippen LogP contribution is -2.35. The molecule has 1 atom stereocenters. The lowest BCUT2D eigenvalue weighted by Gasteiger charge is -2.26. The second-order valence-corrected chi connectivity index (χ2v) is 6.52. The SMILES string of the molecule is CC(C)CC(C)(O)CNc1nc(NN)nc2sccc12. The van der Waals surface area contributed by atoms with E-state index in [1.165, 1.54) is 11.3 Å². The number of anilines is 2. The fraction of sp³-hybridized carbons (Fsp3) is 0.538. The van der Waals surface area contributed by atoms with Crippen LogP contribution >= 0.6 is 11.3 Å². The second kappa shape index (κ2) is 5.90. The summed E-state index contributed by atoms with van der Waals surface area (Å²) in [5, 5.41) is 16.5. The van der Waals surface area contributed by atoms with Crippen molar-refractivity contribution in [3.05, 3.63) is 11.4 Å². The van der Waals surface area contributed by atoms with Crippen LogP contribution in [0.5, 0.6) is 0 Å². The van der Waals surface area contributed by atoms with Gasteiger partial charge in [-0.2, -0.15) is 4.98 Å². The third kappa shape index (κ3) is 3.56. The van der Waals surface area contributed by atoms with Gasteiger partial charge in [0.15, 0.2) is 0 Å². The van der Waals surface area contributed by atoms with Gasteiger partial charge in [-0.15, -0.1) is 11.3 Å². The van der Waals surface area contributed by atoms with Crippen molar-refractivity contribution in [1.82, 2.24) is 9.97 Å². The standard InChI is InChI=1S/C13H21N5OS/c1-8(2)6-13(3,19)7-15-10-9-4-5-20-11(9)17-12(16-10)18-14/h4-5,8,19H,6-7,14H2,1-3H3,(H2,15,16,17,18). The van der Waals surface area contributed by atoms with Crippen LogP contribution in [0.1, 0.15) is 27.2 Å². The van der Waals surface area contributed by atoms with Gasteiger partial charge in [0.1, 0.15) is 10.6 Å². The molecule has 0 aliphatic heterocycles. The molecule has 2 rings (SSSR count). The topological polar surface area (TPSA) is 96.1 Å². The summed E-state index contributed by atoms with van der Waals surface area (Å²) in [6, 6.07) is 1.96. The van der Waals surface area contributed by atoms with E-state index in [1.54, 1.807) is 0 Å². The van der Waals surface area contributed by atoms with E-state index in [4.69, 9.17) is 5.84 Å². The van der Waals surface area contributed by atoms with Crippen LogP contribution in [0.4, 0.5) is 11.8 Å². The number of hydrogen-bond donors (Lipinski definition) is 4. The number of hydrogen-bond acceptors (Lipinski definition) is 7. The van der Waals surface area contributed by atoms with E-state index >= 15 is 0 Å². The first-order valence-electron chi connectivity index (χ1n) is 6.59. The highest BCUT2D eigenvalue weighted by molar-refractivity contribution is 7.16. The van der Waals surface area contributed by atoms with Gasteiger partial charge in [0.05, 0.1) is 11.0 Å². The maximum atomic E-state index is 10.4. The minimum Gasteiger partial charge on any atom is -0.388 e. The number of aromatic nitrogens is 2. The van der Waals surface area contributed by atoms with Crippen molar-refractivity contribution in [2.24, 2.45) is 11.8 Å². The Balaban J connectivity index is 2.18. The van der Waals surface area contributed by atoms with Crippen LogP contribution in [0, 0.1) is 5.92 Å². The zero-order valence-corrected chi connectivity index (χ0v) is 12.8. The first-order valence-corrected chi connectivity index (χ1v) is 7.47. The third-order valence-electron chi connectivity index (χ3n) is 2.94. The number of fused-ring (bicyclic) bond motifs is 1. The van der Waals surface area contributed by atoms with Crippen molar-refractivity contribution >= 4 is 33.3 Å². The number of rotatable bonds is 6. The average Bonchev–Trinajstić information content (AvgIpc) is 2.82. The molecule has 0 saturated heterocycles. The zero-order chi connectivity index (χ0) is 14.8. The molecular weight excluding hydrogens is 274 g/mol. The van der Waals surface area contributed by atoms with Gasteiger partial charge in [0.25, 0.3) is 0 Å². The minimum atomic E-state index is -0.780. The first kappa shape index (κ1) is 15.0. The molecule has 2 heterocycles. The average molecular weight is 295 g/mol. The van der Waals surface area contributed by atoms with Crippen LogP contribution in [0.2, 0.25) is 0 Å². The van der Waals surface area contributed by atoms with Crippen LogP contribution in [0.3, 0.4) is 0 Å². The molecule has 0 radical (unpaired) electrons. The van der Waals surface area contributed by atoms with Crippen LogP contribution in [0.25, 0.3) is 10.2 Å². The Kier molecular flexibility index (Phi) is 4.42. The van der Waals surface area contributed by atoms with Gasteiger partial charge in [0.2, 0.25) is 5.95 Å². The summed E-state index contributed by atoms with van der Waals surface area (Å²) < 4.78 is 0. The summed E-state index contributed by atoms with van der Waals surface area (Å²) in [5.74, 6) is 6.86. The molecule has 5 N–H and O–H groups in total. The molecule has 0 bridgehead atoms. The molecule has 2 aromatic heterocycles. The fourth-order valence-electron chi connectivity index (χ4n) is 2.28. The highest BCUT2D eigenvalue weighted by atomic mass is 32.1. The summed E-state index contributed by atoms with van der Waals surface area (Å²) in [6.07, 6.45) is 0.722. The molecule has 0 aliphatic rings. The zero-order valence-electron chi connectivity index (χ0n) is 12.0. The normalized spacial score (nSPS) is 14.5. The van der Waals surface area contributed by atoms with Crippen molar-refractivity contribution in [3.63, 3.8) is 0 Å². The number of nitrogen functional groups attached to an aromatic ring is 1. The minimum absolute atomic E-state index is 0.367. The number of nitrogens with two attached hydrogens (primary N) is 1. The highest BCUT2D eigenvalue weighted by Gasteiger charge is 2.22. The van der Waals surface area contributed by atoms with Gasteiger partial charge in [-0.25, -0.2) is 10.8 Å². The molecule has 0 fully saturated rings. The van der Waals surface area contributed by atoms with Gasteiger partial charge in [-0.05, 0) is 30.7 Å². The fourth-order valence-corrected chi connectivity index (χ4v) is 3.04. The Labute approximate surface area is 122 Å². The van der Waals surface area contributed by atoms with E-state index in [-0.39, 0.29) is 0 Å². The molecule has 7 heteroatoms. The van der Waals surface area contributed by atoms with E-state index in [1.807, 2.05) is 18.4 Å². The van der Waals surface area contributed by atoms with Crippen molar-refractivity contribution in [3.8, 4) is 0 Å². The van der Waals surface area contributed by atoms with Gasteiger partial charge >= 0.3 is 0 Å². The van der Waals surface area contributed by atoms with E-state index in [2.05, 4.69) is 34.6 Å². The lowest BCUT2D eigenvalue weighted by atomic mass is 9.94. The largest absolute Gasteiger partial charge is 0.388 e. The highest BCUT2D eigenvalue weighted by Crippen LogP contribution is 2.27. The molecular formula is C13H21N5OS. The molecule has 6 nitrogen and oxygen atoms in total. The molecule has 20 heavy (non-hydrogen) atoms. The van der Waals surface area contributed by atoms with Crippen LogP contribution in [0.15, 0.2) is 11.4 Å². The maximum absolute atomic E-state index is 10.4. The summed E-state index contributed by atoms with van der Waals surface area (Å²) in [5.41, 5.74) is 1.68. The Morgan fingerprint density at radius 3 is 2.85 bits per heavy atom. The van der Waals surface area contributed by atoms with Gasteiger partial charge in [-0.3, -0.25) is 5.43 Å². The summed E-state index contributed by atoms with van der Waals surface area (Å²) >= 11 is 1.53. The van der Waals surface area contributed by atoms with E-state index in [9.17, 15) is 5.11 Å². The molecule has 0 aromatic carbocycles. The van der Waals surface area contributed by atoms with Crippen molar-refractivity contribution < 1.29 is 5.11 Å². The number of nitrogens with one attached hydrogen (secondary N) is 2. The predicted molar refractivity (Wildman–Crippen MR) is 83.8 cm³/mol. The third-order valence-corrected chi connectivity index (χ3v) is 3.75. The Hall–Kier alpha value is -1.44. The maximum Gasteiger partial charge on any atom is 0.240 e. The Morgan fingerprint density at radius 2 is 2.20 bits per heavy atom. The van der Waals surface area contributed by atoms with Gasteiger partial charge < -0.3 is 10.4 Å². The molecule has 2 aromatic rings. The quantitative estimate of drug-likeness (QED) is 0.482. The number of thiophene rings is 1. The van der Waals surface area contributed by atoms with Gasteiger partial charge in [0, 0.05) is 6.54 Å². The van der Waals surface area contributed by atoms with E-state index in [0.717, 1.165) is 16.6 Å². The summed E-state index contributed by atoms with van der Waals surface area (Å²) in [7, 11) is 0. The Bertz CT molecular complexity index is 581. The monoisotopic (exact) mass is 295 g/mol. The number of nitrogens with zero attached hydrogens (tertiary/aromatic N) is 2. The molecule has 0 spiro atoms. The predicted octanol–water partition coefficient (Wildman–Crippen LogP) is 2.19. The Morgan fingerprint density at radius 1 is 1.45 bits per heavy atom. The van der Waals surface area contributed by atoms with Crippen LogP contribution < -0.4 is 16.6 Å². The molecule has 1 unspecified atom stereocenters. The lowest BCUT2D eigenvalue weighted by molar-refractivity contribution is 0.0515. The van der Waals surface area contributed by atoms with Crippen molar-refractivity contribution in [2.75, 3.05) is 17.3 Å². The number of hydrazine groups is 1. The van der Waals surface area contributed by atoms with Crippen LogP contribution in [-0.2, 0) is 0 Å². The molecule has 0 amide bonds. The van der Waals surface area contributed by atoms with Crippen molar-refractivity contribution in [2.45, 2.75) is 32.8 Å². The van der Waals surface area contributed by atoms with E-state index < -0.39 is 5.60 Å². The smallest absolute Gasteiger partial charge is 0.240 e. The van der Waals surface area contributed by atoms with Crippen LogP contribution in [-0.4, -0.2) is 27.2 Å². The molecule has 110 valence electrons. The van der Waals surface area contributed by atoms with E-state index in [0.29, 0.717) is 24.2 Å². The first-order chi connectivity index (χ1) is 9.41. The van der Waals surface area contributed by atoms with Crippen molar-refractivity contribution in [1.29, 1.82) is 0 Å². The number of aliphatic hydroxyl groups is 1. The summed E-state index contributed by atoms with van der Waals surface area (Å²) in [6.45, 7) is 6.44. The summed E-state index contributed by atoms with van der Waals surface area (Å²) in [4.78, 5) is 9.45. The molecule has 0 saturated carbocycles.